The molecule has 0 aliphatic carbocycles. The number of allylic oxidation sites excluding steroid dienone is 2. The van der Waals surface area contributed by atoms with Crippen molar-refractivity contribution in [1.82, 2.24) is 0 Å². The molecule has 0 bridgehead atoms. The quantitative estimate of drug-likeness (QED) is 0.621. The summed E-state index contributed by atoms with van der Waals surface area (Å²) in [6.07, 6.45) is 4.28. The Morgan fingerprint density at radius 2 is 1.83 bits per heavy atom. The van der Waals surface area contributed by atoms with Crippen LogP contribution in [0, 0.1) is 0 Å². The fraction of sp³-hybridized carbons (Fsp3) is 0. The van der Waals surface area contributed by atoms with Crippen molar-refractivity contribution in [1.29, 1.82) is 0 Å². The molecule has 0 saturated heterocycles. The zero-order valence-electron chi connectivity index (χ0n) is 6.28. The molecule has 0 aromatic heterocycles. The molecule has 0 saturated carbocycles. The van der Waals surface area contributed by atoms with Crippen molar-refractivity contribution in [3.05, 3.63) is 42.0 Å². The SMILES string of the molecule is O=[C]/C=C(\[C]=O)c1ccccc1. The van der Waals surface area contributed by atoms with Crippen LogP contribution in [0.5, 0.6) is 0 Å². The van der Waals surface area contributed by atoms with Crippen molar-refractivity contribution in [3.63, 3.8) is 0 Å². The Kier molecular flexibility index (Phi) is 2.96. The van der Waals surface area contributed by atoms with Crippen molar-refractivity contribution < 1.29 is 9.59 Å². The molecular weight excluding hydrogens is 152 g/mol. The van der Waals surface area contributed by atoms with Gasteiger partial charge in [-0.15, -0.1) is 0 Å². The molecule has 1 rings (SSSR count). The van der Waals surface area contributed by atoms with E-state index in [1.807, 2.05) is 6.07 Å². The lowest BCUT2D eigenvalue weighted by Gasteiger charge is -1.94. The Hall–Kier alpha value is -1.70. The first kappa shape index (κ1) is 8.40. The number of carbonyl (C=O) groups excluding carboxylic acids is 2. The van der Waals surface area contributed by atoms with E-state index in [2.05, 4.69) is 0 Å². The van der Waals surface area contributed by atoms with Crippen LogP contribution in [-0.2, 0) is 9.59 Å². The van der Waals surface area contributed by atoms with Gasteiger partial charge in [-0.05, 0) is 5.56 Å². The van der Waals surface area contributed by atoms with Gasteiger partial charge in [-0.1, -0.05) is 30.3 Å². The van der Waals surface area contributed by atoms with E-state index in [1.54, 1.807) is 36.8 Å². The maximum atomic E-state index is 10.3. The van der Waals surface area contributed by atoms with Gasteiger partial charge < -0.3 is 0 Å². The Bertz CT molecular complexity index is 299. The molecule has 0 spiro atoms. The molecule has 0 heterocycles. The van der Waals surface area contributed by atoms with Crippen LogP contribution < -0.4 is 0 Å². The van der Waals surface area contributed by atoms with Gasteiger partial charge in [-0.2, -0.15) is 0 Å². The van der Waals surface area contributed by atoms with E-state index in [0.29, 0.717) is 5.56 Å². The summed E-state index contributed by atoms with van der Waals surface area (Å²) >= 11 is 0. The van der Waals surface area contributed by atoms with Gasteiger partial charge in [-0.3, -0.25) is 9.59 Å². The second-order valence-electron chi connectivity index (χ2n) is 2.14. The largest absolute Gasteiger partial charge is 0.286 e. The van der Waals surface area contributed by atoms with E-state index < -0.39 is 0 Å². The molecule has 0 amide bonds. The lowest BCUT2D eigenvalue weighted by atomic mass is 10.1. The van der Waals surface area contributed by atoms with Gasteiger partial charge in [-0.25, -0.2) is 0 Å². The molecule has 0 unspecified atom stereocenters. The predicted octanol–water partition coefficient (Wildman–Crippen LogP) is 1.29. The van der Waals surface area contributed by atoms with Crippen LogP contribution in [0.3, 0.4) is 0 Å². The van der Waals surface area contributed by atoms with E-state index >= 15 is 0 Å². The first-order chi connectivity index (χ1) is 5.88. The van der Waals surface area contributed by atoms with Crippen LogP contribution in [0.1, 0.15) is 5.56 Å². The van der Waals surface area contributed by atoms with Gasteiger partial charge in [0.1, 0.15) is 0 Å². The fourth-order valence-corrected chi connectivity index (χ4v) is 0.848. The van der Waals surface area contributed by atoms with Gasteiger partial charge in [0.05, 0.1) is 0 Å². The molecule has 1 aromatic carbocycles. The molecule has 1 aromatic rings. The lowest BCUT2D eigenvalue weighted by molar-refractivity contribution is 0.562. The maximum absolute atomic E-state index is 10.3. The molecule has 0 fully saturated rings. The average molecular weight is 158 g/mol. The Labute approximate surface area is 70.5 Å². The summed E-state index contributed by atoms with van der Waals surface area (Å²) in [5.41, 5.74) is 0.904. The highest BCUT2D eigenvalue weighted by Gasteiger charge is 1.98. The van der Waals surface area contributed by atoms with Gasteiger partial charge in [0.25, 0.3) is 0 Å². The van der Waals surface area contributed by atoms with Crippen molar-refractivity contribution in [3.8, 4) is 0 Å². The van der Waals surface area contributed by atoms with Crippen LogP contribution in [-0.4, -0.2) is 12.6 Å². The molecule has 2 heteroatoms. The Balaban J connectivity index is 3.03. The fourth-order valence-electron chi connectivity index (χ4n) is 0.848. The van der Waals surface area contributed by atoms with Crippen LogP contribution in [0.2, 0.25) is 0 Å². The van der Waals surface area contributed by atoms with E-state index in [9.17, 15) is 9.59 Å². The summed E-state index contributed by atoms with van der Waals surface area (Å²) in [6.45, 7) is 0. The zero-order chi connectivity index (χ0) is 8.81. The van der Waals surface area contributed by atoms with E-state index in [-0.39, 0.29) is 5.57 Å². The molecule has 0 atom stereocenters. The summed E-state index contributed by atoms with van der Waals surface area (Å²) in [4.78, 5) is 20.3. The number of rotatable bonds is 3. The highest BCUT2D eigenvalue weighted by atomic mass is 16.1. The predicted molar refractivity (Wildman–Crippen MR) is 45.8 cm³/mol. The van der Waals surface area contributed by atoms with Crippen LogP contribution in [0.25, 0.3) is 5.57 Å². The van der Waals surface area contributed by atoms with Crippen molar-refractivity contribution in [2.75, 3.05) is 0 Å². The molecule has 0 aliphatic rings. The maximum Gasteiger partial charge on any atom is 0.234 e. The Morgan fingerprint density at radius 1 is 1.17 bits per heavy atom. The smallest absolute Gasteiger partial charge is 0.234 e. The zero-order valence-corrected chi connectivity index (χ0v) is 6.28. The minimum absolute atomic E-state index is 0.227. The third kappa shape index (κ3) is 1.89. The van der Waals surface area contributed by atoms with Gasteiger partial charge in [0.2, 0.25) is 12.6 Å². The average Bonchev–Trinajstić information content (AvgIpc) is 2.15. The van der Waals surface area contributed by atoms with Crippen LogP contribution >= 0.6 is 0 Å². The Morgan fingerprint density at radius 3 is 2.33 bits per heavy atom. The molecule has 12 heavy (non-hydrogen) atoms. The normalized spacial score (nSPS) is 10.8. The number of hydrogen-bond acceptors (Lipinski definition) is 2. The molecule has 0 aliphatic heterocycles. The first-order valence-corrected chi connectivity index (χ1v) is 3.40. The second kappa shape index (κ2) is 4.23. The summed E-state index contributed by atoms with van der Waals surface area (Å²) in [6, 6.07) is 8.86. The topological polar surface area (TPSA) is 34.1 Å². The van der Waals surface area contributed by atoms with Gasteiger partial charge in [0.15, 0.2) is 0 Å². The monoisotopic (exact) mass is 158 g/mol. The highest BCUT2D eigenvalue weighted by Crippen LogP contribution is 2.09. The van der Waals surface area contributed by atoms with E-state index in [1.165, 1.54) is 0 Å². The number of hydrogen-bond donors (Lipinski definition) is 0. The minimum atomic E-state index is 0.227. The van der Waals surface area contributed by atoms with Gasteiger partial charge >= 0.3 is 0 Å². The molecule has 2 nitrogen and oxygen atoms in total. The highest BCUT2D eigenvalue weighted by molar-refractivity contribution is 6.11. The third-order valence-electron chi connectivity index (χ3n) is 1.40. The molecular formula is C10H6O2. The summed E-state index contributed by atoms with van der Waals surface area (Å²) in [5, 5.41) is 0. The second-order valence-corrected chi connectivity index (χ2v) is 2.14. The van der Waals surface area contributed by atoms with Gasteiger partial charge in [0, 0.05) is 11.6 Å². The van der Waals surface area contributed by atoms with E-state index in [4.69, 9.17) is 0 Å². The minimum Gasteiger partial charge on any atom is -0.286 e. The summed E-state index contributed by atoms with van der Waals surface area (Å²) in [7, 11) is 0. The van der Waals surface area contributed by atoms with E-state index in [0.717, 1.165) is 6.08 Å². The third-order valence-corrected chi connectivity index (χ3v) is 1.40. The van der Waals surface area contributed by atoms with Crippen LogP contribution in [0.4, 0.5) is 0 Å². The molecule has 2 radical (unpaired) electrons. The first-order valence-electron chi connectivity index (χ1n) is 3.40. The molecule has 58 valence electrons. The van der Waals surface area contributed by atoms with Crippen molar-refractivity contribution >= 4 is 18.1 Å². The number of benzene rings is 1. The standard InChI is InChI=1S/C10H6O2/c11-7-6-10(8-12)9-4-2-1-3-5-9/h1-6H/b10-6+. The van der Waals surface area contributed by atoms with Crippen molar-refractivity contribution in [2.24, 2.45) is 0 Å². The lowest BCUT2D eigenvalue weighted by Crippen LogP contribution is -1.84. The van der Waals surface area contributed by atoms with Crippen LogP contribution in [0.15, 0.2) is 36.4 Å². The van der Waals surface area contributed by atoms with Crippen molar-refractivity contribution in [2.45, 2.75) is 0 Å². The summed E-state index contributed by atoms with van der Waals surface area (Å²) in [5.74, 6) is 0. The molecule has 0 N–H and O–H groups in total. The summed E-state index contributed by atoms with van der Waals surface area (Å²) < 4.78 is 0.